The molecular weight excluding hydrogens is 314 g/mol. The summed E-state index contributed by atoms with van der Waals surface area (Å²) < 4.78 is 5.35. The smallest absolute Gasteiger partial charge is 0.335 e. The van der Waals surface area contributed by atoms with Crippen molar-refractivity contribution in [2.45, 2.75) is 0 Å². The van der Waals surface area contributed by atoms with Gasteiger partial charge in [0.2, 0.25) is 0 Å². The third-order valence-electron chi connectivity index (χ3n) is 3.45. The first-order chi connectivity index (χ1) is 11.2. The molecule has 2 heterocycles. The molecule has 1 aromatic carbocycles. The molecular formula is C16H17N3O3S. The summed E-state index contributed by atoms with van der Waals surface area (Å²) in [6.07, 6.45) is 1.76. The number of nitrogens with one attached hydrogen (secondary N) is 1. The van der Waals surface area contributed by atoms with E-state index in [1.54, 1.807) is 41.8 Å². The van der Waals surface area contributed by atoms with Crippen LogP contribution in [0.3, 0.4) is 0 Å². The number of aromatic carboxylic acids is 1. The highest BCUT2D eigenvalue weighted by Gasteiger charge is 2.12. The summed E-state index contributed by atoms with van der Waals surface area (Å²) in [6.45, 7) is 3.39. The van der Waals surface area contributed by atoms with Gasteiger partial charge in [-0.25, -0.2) is 4.79 Å². The van der Waals surface area contributed by atoms with Crippen molar-refractivity contribution in [1.29, 1.82) is 0 Å². The largest absolute Gasteiger partial charge is 0.478 e. The van der Waals surface area contributed by atoms with Gasteiger partial charge in [-0.05, 0) is 36.4 Å². The zero-order valence-corrected chi connectivity index (χ0v) is 13.3. The van der Waals surface area contributed by atoms with Crippen molar-refractivity contribution in [2.75, 3.05) is 36.6 Å². The molecule has 23 heavy (non-hydrogen) atoms. The second-order valence-corrected chi connectivity index (χ2v) is 6.12. The van der Waals surface area contributed by atoms with Gasteiger partial charge in [-0.3, -0.25) is 5.43 Å². The molecule has 0 bridgehead atoms. The molecule has 0 radical (unpaired) electrons. The molecule has 0 amide bonds. The molecule has 2 N–H and O–H groups in total. The quantitative estimate of drug-likeness (QED) is 0.651. The van der Waals surface area contributed by atoms with Crippen LogP contribution < -0.4 is 10.3 Å². The Kier molecular flexibility index (Phi) is 4.89. The number of morpholine rings is 1. The predicted octanol–water partition coefficient (Wildman–Crippen LogP) is 2.73. The molecule has 2 aromatic rings. The Morgan fingerprint density at radius 2 is 1.96 bits per heavy atom. The molecule has 0 saturated carbocycles. The van der Waals surface area contributed by atoms with Crippen LogP contribution >= 0.6 is 11.3 Å². The van der Waals surface area contributed by atoms with Gasteiger partial charge in [0.05, 0.1) is 35.7 Å². The number of benzene rings is 1. The van der Waals surface area contributed by atoms with Gasteiger partial charge in [0, 0.05) is 18.0 Å². The fourth-order valence-corrected chi connectivity index (χ4v) is 3.15. The summed E-state index contributed by atoms with van der Waals surface area (Å²) in [5.74, 6) is -0.936. The Morgan fingerprint density at radius 3 is 2.65 bits per heavy atom. The van der Waals surface area contributed by atoms with Gasteiger partial charge in [-0.1, -0.05) is 0 Å². The van der Waals surface area contributed by atoms with Crippen molar-refractivity contribution in [2.24, 2.45) is 5.10 Å². The van der Waals surface area contributed by atoms with Crippen LogP contribution in [0.2, 0.25) is 0 Å². The van der Waals surface area contributed by atoms with Gasteiger partial charge in [0.25, 0.3) is 0 Å². The van der Waals surface area contributed by atoms with E-state index in [4.69, 9.17) is 9.84 Å². The minimum Gasteiger partial charge on any atom is -0.478 e. The normalized spacial score (nSPS) is 15.0. The van der Waals surface area contributed by atoms with Crippen molar-refractivity contribution >= 4 is 34.2 Å². The second-order valence-electron chi connectivity index (χ2n) is 5.03. The first kappa shape index (κ1) is 15.5. The van der Waals surface area contributed by atoms with Crippen LogP contribution in [0, 0.1) is 0 Å². The lowest BCUT2D eigenvalue weighted by Crippen LogP contribution is -2.35. The third-order valence-corrected chi connectivity index (χ3v) is 4.53. The topological polar surface area (TPSA) is 74.2 Å². The summed E-state index contributed by atoms with van der Waals surface area (Å²) in [5, 5.41) is 14.3. The molecule has 3 rings (SSSR count). The molecule has 0 atom stereocenters. The number of hydrazone groups is 1. The number of rotatable bonds is 5. The standard InChI is InChI=1S/C16H17N3O3S/c20-16(21)12-1-3-13(4-2-12)18-17-11-14-5-6-15(23-14)19-7-9-22-10-8-19/h1-6,11,18H,7-10H2,(H,20,21)/b17-11+. The Labute approximate surface area is 138 Å². The molecule has 1 aliphatic rings. The zero-order valence-electron chi connectivity index (χ0n) is 12.4. The minimum atomic E-state index is -0.936. The van der Waals surface area contributed by atoms with E-state index in [-0.39, 0.29) is 5.56 Å². The maximum atomic E-state index is 10.8. The predicted molar refractivity (Wildman–Crippen MR) is 92.0 cm³/mol. The lowest BCUT2D eigenvalue weighted by atomic mass is 10.2. The number of carboxylic acids is 1. The Balaban J connectivity index is 1.57. The SMILES string of the molecule is O=C(O)c1ccc(N/N=C/c2ccc(N3CCOCC3)s2)cc1. The number of anilines is 2. The molecule has 7 heteroatoms. The van der Waals surface area contributed by atoms with Gasteiger partial charge < -0.3 is 14.7 Å². The van der Waals surface area contributed by atoms with Crippen molar-refractivity contribution < 1.29 is 14.6 Å². The summed E-state index contributed by atoms with van der Waals surface area (Å²) in [6, 6.07) is 10.6. The third kappa shape index (κ3) is 4.08. The molecule has 1 fully saturated rings. The number of hydrogen-bond acceptors (Lipinski definition) is 6. The average molecular weight is 331 g/mol. The lowest BCUT2D eigenvalue weighted by Gasteiger charge is -2.27. The zero-order chi connectivity index (χ0) is 16.1. The van der Waals surface area contributed by atoms with Crippen LogP contribution in [-0.4, -0.2) is 43.6 Å². The minimum absolute atomic E-state index is 0.257. The summed E-state index contributed by atoms with van der Waals surface area (Å²) in [7, 11) is 0. The second kappa shape index (κ2) is 7.26. The number of ether oxygens (including phenoxy) is 1. The average Bonchev–Trinajstić information content (AvgIpc) is 3.05. The van der Waals surface area contributed by atoms with Gasteiger partial charge in [-0.2, -0.15) is 5.10 Å². The summed E-state index contributed by atoms with van der Waals surface area (Å²) >= 11 is 1.68. The Bertz CT molecular complexity index is 691. The fourth-order valence-electron chi connectivity index (χ4n) is 2.22. The van der Waals surface area contributed by atoms with Crippen LogP contribution in [-0.2, 0) is 4.74 Å². The van der Waals surface area contributed by atoms with Gasteiger partial charge >= 0.3 is 5.97 Å². The molecule has 0 unspecified atom stereocenters. The Morgan fingerprint density at radius 1 is 1.22 bits per heavy atom. The molecule has 120 valence electrons. The number of thiophene rings is 1. The molecule has 1 saturated heterocycles. The van der Waals surface area contributed by atoms with Crippen LogP contribution in [0.1, 0.15) is 15.2 Å². The monoisotopic (exact) mass is 331 g/mol. The number of carbonyl (C=O) groups is 1. The van der Waals surface area contributed by atoms with Gasteiger partial charge in [0.15, 0.2) is 0 Å². The van der Waals surface area contributed by atoms with E-state index in [0.29, 0.717) is 0 Å². The maximum absolute atomic E-state index is 10.8. The van der Waals surface area contributed by atoms with Gasteiger partial charge in [0.1, 0.15) is 0 Å². The van der Waals surface area contributed by atoms with E-state index >= 15 is 0 Å². The number of nitrogens with zero attached hydrogens (tertiary/aromatic N) is 2. The van der Waals surface area contributed by atoms with Crippen LogP contribution in [0.5, 0.6) is 0 Å². The highest BCUT2D eigenvalue weighted by Crippen LogP contribution is 2.25. The van der Waals surface area contributed by atoms with Crippen LogP contribution in [0.4, 0.5) is 10.7 Å². The van der Waals surface area contributed by atoms with E-state index in [1.807, 2.05) is 6.07 Å². The summed E-state index contributed by atoms with van der Waals surface area (Å²) in [5.41, 5.74) is 3.90. The Hall–Kier alpha value is -2.38. The van der Waals surface area contributed by atoms with Crippen LogP contribution in [0.25, 0.3) is 0 Å². The molecule has 0 aliphatic carbocycles. The first-order valence-electron chi connectivity index (χ1n) is 7.27. The number of hydrogen-bond donors (Lipinski definition) is 2. The van der Waals surface area contributed by atoms with E-state index < -0.39 is 5.97 Å². The molecule has 1 aliphatic heterocycles. The van der Waals surface area contributed by atoms with Crippen molar-refractivity contribution in [3.63, 3.8) is 0 Å². The lowest BCUT2D eigenvalue weighted by molar-refractivity contribution is 0.0697. The summed E-state index contributed by atoms with van der Waals surface area (Å²) in [4.78, 5) is 14.1. The first-order valence-corrected chi connectivity index (χ1v) is 8.09. The van der Waals surface area contributed by atoms with Crippen molar-refractivity contribution in [3.05, 3.63) is 46.8 Å². The van der Waals surface area contributed by atoms with Crippen LogP contribution in [0.15, 0.2) is 41.5 Å². The van der Waals surface area contributed by atoms with E-state index in [9.17, 15) is 4.79 Å². The van der Waals surface area contributed by atoms with E-state index in [1.165, 1.54) is 5.00 Å². The fraction of sp³-hybridized carbons (Fsp3) is 0.250. The highest BCUT2D eigenvalue weighted by molar-refractivity contribution is 7.17. The van der Waals surface area contributed by atoms with Crippen molar-refractivity contribution in [1.82, 2.24) is 0 Å². The number of carboxylic acid groups (broad SMARTS) is 1. The van der Waals surface area contributed by atoms with Gasteiger partial charge in [-0.15, -0.1) is 11.3 Å². The molecule has 0 spiro atoms. The van der Waals surface area contributed by atoms with E-state index in [2.05, 4.69) is 21.5 Å². The molecule has 1 aromatic heterocycles. The van der Waals surface area contributed by atoms with E-state index in [0.717, 1.165) is 36.9 Å². The molecule has 6 nitrogen and oxygen atoms in total. The maximum Gasteiger partial charge on any atom is 0.335 e. The van der Waals surface area contributed by atoms with Crippen molar-refractivity contribution in [3.8, 4) is 0 Å². The highest BCUT2D eigenvalue weighted by atomic mass is 32.1.